The van der Waals surface area contributed by atoms with Crippen molar-refractivity contribution in [2.24, 2.45) is 0 Å². The molecule has 0 amide bonds. The maximum atomic E-state index is 3.60. The van der Waals surface area contributed by atoms with Gasteiger partial charge in [-0.05, 0) is 92.1 Å². The minimum atomic E-state index is 0.200. The molecule has 0 atom stereocenters. The normalized spacial score (nSPS) is 12.0. The Morgan fingerprint density at radius 2 is 0.479 bits per heavy atom. The van der Waals surface area contributed by atoms with Crippen molar-refractivity contribution in [1.82, 2.24) is 10.6 Å². The Balaban J connectivity index is 0.980. The number of benzene rings is 5. The van der Waals surface area contributed by atoms with Crippen LogP contribution >= 0.6 is 0 Å². The zero-order valence-electron chi connectivity index (χ0n) is 30.2. The van der Waals surface area contributed by atoms with Crippen LogP contribution in [0.4, 0.5) is 0 Å². The van der Waals surface area contributed by atoms with Gasteiger partial charge in [0.25, 0.3) is 0 Å². The van der Waals surface area contributed by atoms with Gasteiger partial charge >= 0.3 is 0 Å². The Hall–Kier alpha value is -3.98. The Morgan fingerprint density at radius 3 is 0.688 bits per heavy atom. The molecule has 0 spiro atoms. The van der Waals surface area contributed by atoms with E-state index in [-0.39, 0.29) is 10.8 Å². The topological polar surface area (TPSA) is 24.1 Å². The highest BCUT2D eigenvalue weighted by atomic mass is 14.8. The smallest absolute Gasteiger partial charge is 0.0208 e. The molecule has 0 radical (unpaired) electrons. The van der Waals surface area contributed by atoms with Gasteiger partial charge < -0.3 is 10.6 Å². The van der Waals surface area contributed by atoms with E-state index in [2.05, 4.69) is 174 Å². The average Bonchev–Trinajstić information content (AvgIpc) is 3.08. The first-order valence-electron chi connectivity index (χ1n) is 17.8. The summed E-state index contributed by atoms with van der Waals surface area (Å²) in [6.45, 7) is 17.1. The monoisotopic (exact) mass is 636 g/mol. The number of rotatable bonds is 14. The molecule has 0 unspecified atom stereocenters. The summed E-state index contributed by atoms with van der Waals surface area (Å²) < 4.78 is 0. The summed E-state index contributed by atoms with van der Waals surface area (Å²) in [5, 5.41) is 7.19. The van der Waals surface area contributed by atoms with E-state index in [9.17, 15) is 0 Å². The third kappa shape index (κ3) is 11.0. The van der Waals surface area contributed by atoms with Gasteiger partial charge in [0.15, 0.2) is 0 Å². The largest absolute Gasteiger partial charge is 0.309 e. The van der Waals surface area contributed by atoms with Crippen LogP contribution in [-0.4, -0.2) is 0 Å². The molecule has 2 N–H and O–H groups in total. The molecular weight excluding hydrogens is 581 g/mol. The number of hydrogen-bond donors (Lipinski definition) is 2. The highest BCUT2D eigenvalue weighted by Gasteiger charge is 2.13. The highest BCUT2D eigenvalue weighted by Crippen LogP contribution is 2.23. The van der Waals surface area contributed by atoms with Gasteiger partial charge in [-0.15, -0.1) is 0 Å². The number of aryl methyl sites for hydroxylation is 4. The lowest BCUT2D eigenvalue weighted by molar-refractivity contribution is 0.589. The van der Waals surface area contributed by atoms with Gasteiger partial charge in [-0.25, -0.2) is 0 Å². The lowest BCUT2D eigenvalue weighted by Gasteiger charge is -2.19. The molecule has 0 aliphatic carbocycles. The fourth-order valence-electron chi connectivity index (χ4n) is 6.05. The first-order chi connectivity index (χ1) is 23.0. The third-order valence-electron chi connectivity index (χ3n) is 9.43. The van der Waals surface area contributed by atoms with Crippen LogP contribution in [0.1, 0.15) is 97.2 Å². The van der Waals surface area contributed by atoms with Crippen LogP contribution in [0.15, 0.2) is 121 Å². The van der Waals surface area contributed by atoms with Crippen LogP contribution in [0, 0.1) is 0 Å². The van der Waals surface area contributed by atoms with Crippen molar-refractivity contribution in [1.29, 1.82) is 0 Å². The van der Waals surface area contributed by atoms with E-state index in [1.807, 2.05) is 0 Å². The predicted octanol–water partition coefficient (Wildman–Crippen LogP) is 10.4. The Kier molecular flexibility index (Phi) is 12.1. The van der Waals surface area contributed by atoms with Crippen molar-refractivity contribution in [3.8, 4) is 0 Å². The summed E-state index contributed by atoms with van der Waals surface area (Å²) in [4.78, 5) is 0. The van der Waals surface area contributed by atoms with Crippen molar-refractivity contribution in [2.45, 2.75) is 104 Å². The summed E-state index contributed by atoms with van der Waals surface area (Å²) >= 11 is 0. The standard InChI is InChI=1S/C46H56N2/c1-45(2,3)43-27-23-41(24-28-43)33-47-31-39-19-15-37(16-20-39)13-11-35-7-9-36(10-8-35)12-14-38-17-21-40(22-18-38)32-48-34-42-25-29-44(30-26-42)46(4,5)6/h7-10,15-30,47-48H,11-14,31-34H2,1-6H3. The molecule has 2 nitrogen and oxygen atoms in total. The summed E-state index contributed by atoms with van der Waals surface area (Å²) in [6, 6.07) is 45.5. The van der Waals surface area contributed by atoms with Gasteiger partial charge in [0.1, 0.15) is 0 Å². The van der Waals surface area contributed by atoms with Gasteiger partial charge in [-0.2, -0.15) is 0 Å². The second kappa shape index (κ2) is 16.4. The second-order valence-electron chi connectivity index (χ2n) is 15.6. The molecule has 2 heteroatoms. The zero-order valence-corrected chi connectivity index (χ0v) is 30.2. The van der Waals surface area contributed by atoms with Crippen LogP contribution < -0.4 is 10.6 Å². The van der Waals surface area contributed by atoms with Crippen molar-refractivity contribution in [3.63, 3.8) is 0 Å². The molecule has 48 heavy (non-hydrogen) atoms. The average molecular weight is 637 g/mol. The molecule has 0 bridgehead atoms. The Morgan fingerprint density at radius 1 is 0.292 bits per heavy atom. The van der Waals surface area contributed by atoms with Crippen molar-refractivity contribution < 1.29 is 0 Å². The van der Waals surface area contributed by atoms with E-state index in [0.717, 1.165) is 51.9 Å². The Labute approximate surface area is 291 Å². The van der Waals surface area contributed by atoms with Crippen LogP contribution in [-0.2, 0) is 62.7 Å². The number of nitrogens with one attached hydrogen (secondary N) is 2. The maximum Gasteiger partial charge on any atom is 0.0208 e. The molecule has 0 aliphatic heterocycles. The van der Waals surface area contributed by atoms with E-state index in [0.29, 0.717) is 0 Å². The molecule has 5 aromatic carbocycles. The van der Waals surface area contributed by atoms with Crippen LogP contribution in [0.25, 0.3) is 0 Å². The van der Waals surface area contributed by atoms with Gasteiger partial charge in [-0.1, -0.05) is 163 Å². The van der Waals surface area contributed by atoms with Crippen molar-refractivity contribution in [2.75, 3.05) is 0 Å². The van der Waals surface area contributed by atoms with E-state index in [1.54, 1.807) is 0 Å². The summed E-state index contributed by atoms with van der Waals surface area (Å²) in [6.07, 6.45) is 4.27. The van der Waals surface area contributed by atoms with Gasteiger partial charge in [-0.3, -0.25) is 0 Å². The van der Waals surface area contributed by atoms with Crippen LogP contribution in [0.2, 0.25) is 0 Å². The fraction of sp³-hybridized carbons (Fsp3) is 0.348. The highest BCUT2D eigenvalue weighted by molar-refractivity contribution is 5.31. The van der Waals surface area contributed by atoms with E-state index in [4.69, 9.17) is 0 Å². The van der Waals surface area contributed by atoms with Gasteiger partial charge in [0, 0.05) is 26.2 Å². The predicted molar refractivity (Wildman–Crippen MR) is 206 cm³/mol. The first-order valence-corrected chi connectivity index (χ1v) is 17.8. The molecule has 0 saturated heterocycles. The molecule has 5 aromatic rings. The summed E-state index contributed by atoms with van der Waals surface area (Å²) in [7, 11) is 0. The first kappa shape index (κ1) is 35.3. The quantitative estimate of drug-likeness (QED) is 0.127. The SMILES string of the molecule is CC(C)(C)c1ccc(CNCc2ccc(CCc3ccc(CCc4ccc(CNCc5ccc(C(C)(C)C)cc5)cc4)cc3)cc2)cc1. The summed E-state index contributed by atoms with van der Waals surface area (Å²) in [5.74, 6) is 0. The number of hydrogen-bond acceptors (Lipinski definition) is 2. The molecule has 0 heterocycles. The summed E-state index contributed by atoms with van der Waals surface area (Å²) in [5.41, 5.74) is 14.1. The molecule has 5 rings (SSSR count). The molecule has 0 saturated carbocycles. The molecule has 0 aromatic heterocycles. The molecule has 250 valence electrons. The Bertz CT molecular complexity index is 1530. The molecular formula is C46H56N2. The lowest BCUT2D eigenvalue weighted by Crippen LogP contribution is -2.14. The van der Waals surface area contributed by atoms with Crippen molar-refractivity contribution in [3.05, 3.63) is 177 Å². The minimum Gasteiger partial charge on any atom is -0.309 e. The van der Waals surface area contributed by atoms with E-state index in [1.165, 1.54) is 55.6 Å². The second-order valence-corrected chi connectivity index (χ2v) is 15.6. The van der Waals surface area contributed by atoms with E-state index < -0.39 is 0 Å². The van der Waals surface area contributed by atoms with Gasteiger partial charge in [0.2, 0.25) is 0 Å². The maximum absolute atomic E-state index is 3.60. The van der Waals surface area contributed by atoms with Crippen molar-refractivity contribution >= 4 is 0 Å². The zero-order chi connectivity index (χ0) is 34.0. The van der Waals surface area contributed by atoms with E-state index >= 15 is 0 Å². The van der Waals surface area contributed by atoms with Gasteiger partial charge in [0.05, 0.1) is 0 Å². The van der Waals surface area contributed by atoms with Crippen LogP contribution in [0.5, 0.6) is 0 Å². The third-order valence-corrected chi connectivity index (χ3v) is 9.43. The van der Waals surface area contributed by atoms with Crippen LogP contribution in [0.3, 0.4) is 0 Å². The fourth-order valence-corrected chi connectivity index (χ4v) is 6.05. The molecule has 0 fully saturated rings. The lowest BCUT2D eigenvalue weighted by atomic mass is 9.87. The minimum absolute atomic E-state index is 0.200. The molecule has 0 aliphatic rings.